The number of methoxy groups -OCH3 is 1. The first-order chi connectivity index (χ1) is 16.6. The van der Waals surface area contributed by atoms with E-state index < -0.39 is 5.41 Å². The highest BCUT2D eigenvalue weighted by atomic mass is 16.5. The van der Waals surface area contributed by atoms with Gasteiger partial charge in [-0.2, -0.15) is 0 Å². The van der Waals surface area contributed by atoms with Gasteiger partial charge in [-0.1, -0.05) is 95.3 Å². The van der Waals surface area contributed by atoms with Crippen LogP contribution in [0.5, 0.6) is 5.75 Å². The molecule has 184 valence electrons. The molecule has 1 unspecified atom stereocenters. The van der Waals surface area contributed by atoms with E-state index in [9.17, 15) is 9.59 Å². The summed E-state index contributed by atoms with van der Waals surface area (Å²) in [5, 5.41) is 0. The van der Waals surface area contributed by atoms with Gasteiger partial charge in [0.15, 0.2) is 0 Å². The van der Waals surface area contributed by atoms with Crippen molar-refractivity contribution in [2.24, 2.45) is 11.3 Å². The van der Waals surface area contributed by atoms with Gasteiger partial charge in [0.25, 0.3) is 0 Å². The fourth-order valence-electron chi connectivity index (χ4n) is 4.17. The van der Waals surface area contributed by atoms with Crippen molar-refractivity contribution >= 4 is 17.9 Å². The first-order valence-electron chi connectivity index (χ1n) is 12.2. The SMILES string of the molecule is COc1ccc(C(C=O)Cc2ccc(-c3ccccc3)cc2)cc1N(CC(C)C)C(=O)C(C)(C)C. The summed E-state index contributed by atoms with van der Waals surface area (Å²) < 4.78 is 5.63. The molecule has 0 radical (unpaired) electrons. The Morgan fingerprint density at radius 3 is 2.11 bits per heavy atom. The number of hydrogen-bond acceptors (Lipinski definition) is 3. The lowest BCUT2D eigenvalue weighted by Crippen LogP contribution is -2.42. The number of rotatable bonds is 9. The van der Waals surface area contributed by atoms with Crippen molar-refractivity contribution in [3.63, 3.8) is 0 Å². The Labute approximate surface area is 209 Å². The zero-order valence-electron chi connectivity index (χ0n) is 21.7. The summed E-state index contributed by atoms with van der Waals surface area (Å²) in [7, 11) is 1.61. The zero-order valence-corrected chi connectivity index (χ0v) is 21.7. The number of carbonyl (C=O) groups is 2. The maximum Gasteiger partial charge on any atom is 0.232 e. The molecule has 0 aliphatic rings. The van der Waals surface area contributed by atoms with E-state index in [0.29, 0.717) is 24.4 Å². The summed E-state index contributed by atoms with van der Waals surface area (Å²) in [5.41, 5.74) is 4.45. The maximum absolute atomic E-state index is 13.4. The van der Waals surface area contributed by atoms with E-state index in [1.54, 1.807) is 7.11 Å². The van der Waals surface area contributed by atoms with Crippen molar-refractivity contribution in [2.45, 2.75) is 47.0 Å². The zero-order chi connectivity index (χ0) is 25.6. The van der Waals surface area contributed by atoms with Gasteiger partial charge in [-0.25, -0.2) is 0 Å². The van der Waals surface area contributed by atoms with Crippen LogP contribution < -0.4 is 9.64 Å². The first-order valence-corrected chi connectivity index (χ1v) is 12.2. The van der Waals surface area contributed by atoms with Crippen LogP contribution >= 0.6 is 0 Å². The van der Waals surface area contributed by atoms with E-state index in [4.69, 9.17) is 4.74 Å². The fraction of sp³-hybridized carbons (Fsp3) is 0.355. The molecule has 0 saturated carbocycles. The highest BCUT2D eigenvalue weighted by Gasteiger charge is 2.31. The normalized spacial score (nSPS) is 12.3. The fourth-order valence-corrected chi connectivity index (χ4v) is 4.17. The molecule has 0 fully saturated rings. The van der Waals surface area contributed by atoms with Crippen molar-refractivity contribution < 1.29 is 14.3 Å². The highest BCUT2D eigenvalue weighted by molar-refractivity contribution is 5.98. The number of anilines is 1. The number of amides is 1. The van der Waals surface area contributed by atoms with E-state index in [1.807, 2.05) is 62.1 Å². The van der Waals surface area contributed by atoms with Gasteiger partial charge in [-0.05, 0) is 46.7 Å². The average Bonchev–Trinajstić information content (AvgIpc) is 2.85. The molecular formula is C31H37NO3. The Morgan fingerprint density at radius 2 is 1.57 bits per heavy atom. The molecule has 0 aliphatic carbocycles. The Hall–Kier alpha value is -3.40. The molecule has 0 aliphatic heterocycles. The summed E-state index contributed by atoms with van der Waals surface area (Å²) >= 11 is 0. The van der Waals surface area contributed by atoms with Crippen LogP contribution in [0, 0.1) is 11.3 Å². The van der Waals surface area contributed by atoms with Gasteiger partial charge in [-0.15, -0.1) is 0 Å². The van der Waals surface area contributed by atoms with Crippen molar-refractivity contribution in [3.8, 4) is 16.9 Å². The van der Waals surface area contributed by atoms with Gasteiger partial charge in [-0.3, -0.25) is 4.79 Å². The second kappa shape index (κ2) is 11.4. The minimum Gasteiger partial charge on any atom is -0.495 e. The lowest BCUT2D eigenvalue weighted by atomic mass is 9.90. The molecule has 3 rings (SSSR count). The number of hydrogen-bond donors (Lipinski definition) is 0. The first kappa shape index (κ1) is 26.2. The summed E-state index contributed by atoms with van der Waals surface area (Å²) in [6.45, 7) is 10.5. The average molecular weight is 472 g/mol. The van der Waals surface area contributed by atoms with Crippen LogP contribution in [0.25, 0.3) is 11.1 Å². The maximum atomic E-state index is 13.4. The molecule has 0 bridgehead atoms. The molecule has 3 aromatic rings. The lowest BCUT2D eigenvalue weighted by Gasteiger charge is -2.32. The quantitative estimate of drug-likeness (QED) is 0.318. The third-order valence-corrected chi connectivity index (χ3v) is 6.04. The van der Waals surface area contributed by atoms with Crippen LogP contribution in [0.1, 0.15) is 51.7 Å². The van der Waals surface area contributed by atoms with Crippen LogP contribution in [-0.4, -0.2) is 25.8 Å². The predicted octanol–water partition coefficient (Wildman–Crippen LogP) is 6.92. The van der Waals surface area contributed by atoms with E-state index in [-0.39, 0.29) is 17.7 Å². The number of aldehydes is 1. The standard InChI is InChI=1S/C31H37NO3/c1-22(2)20-32(30(34)31(3,4)5)28-19-26(16-17-29(28)35-6)27(21-33)18-23-12-14-25(15-13-23)24-10-8-7-9-11-24/h7-17,19,21-22,27H,18,20H2,1-6H3. The molecule has 0 saturated heterocycles. The van der Waals surface area contributed by atoms with E-state index in [2.05, 4.69) is 50.2 Å². The van der Waals surface area contributed by atoms with Gasteiger partial charge in [0.1, 0.15) is 12.0 Å². The lowest BCUT2D eigenvalue weighted by molar-refractivity contribution is -0.125. The van der Waals surface area contributed by atoms with Crippen molar-refractivity contribution in [1.29, 1.82) is 0 Å². The van der Waals surface area contributed by atoms with Crippen LogP contribution in [0.15, 0.2) is 72.8 Å². The third kappa shape index (κ3) is 6.60. The molecule has 1 amide bonds. The monoisotopic (exact) mass is 471 g/mol. The Balaban J connectivity index is 1.92. The Morgan fingerprint density at radius 1 is 0.943 bits per heavy atom. The van der Waals surface area contributed by atoms with Crippen molar-refractivity contribution in [3.05, 3.63) is 83.9 Å². The molecular weight excluding hydrogens is 434 g/mol. The number of carbonyl (C=O) groups excluding carboxylic acids is 2. The predicted molar refractivity (Wildman–Crippen MR) is 144 cm³/mol. The number of nitrogens with zero attached hydrogens (tertiary/aromatic N) is 1. The van der Waals surface area contributed by atoms with Gasteiger partial charge in [0, 0.05) is 17.9 Å². The largest absolute Gasteiger partial charge is 0.495 e. The minimum atomic E-state index is -0.541. The number of benzene rings is 3. The Kier molecular flexibility index (Phi) is 8.50. The van der Waals surface area contributed by atoms with E-state index in [0.717, 1.165) is 23.0 Å². The minimum absolute atomic E-state index is 0.0285. The summed E-state index contributed by atoms with van der Waals surface area (Å²) in [6, 6.07) is 24.3. The summed E-state index contributed by atoms with van der Waals surface area (Å²) in [5.74, 6) is 0.609. The molecule has 0 aromatic heterocycles. The van der Waals surface area contributed by atoms with Crippen molar-refractivity contribution in [2.75, 3.05) is 18.6 Å². The second-order valence-electron chi connectivity index (χ2n) is 10.5. The van der Waals surface area contributed by atoms with Gasteiger partial charge < -0.3 is 14.4 Å². The molecule has 0 heterocycles. The van der Waals surface area contributed by atoms with E-state index in [1.165, 1.54) is 5.56 Å². The van der Waals surface area contributed by atoms with Crippen LogP contribution in [0.3, 0.4) is 0 Å². The molecule has 0 N–H and O–H groups in total. The van der Waals surface area contributed by atoms with Crippen molar-refractivity contribution in [1.82, 2.24) is 0 Å². The molecule has 35 heavy (non-hydrogen) atoms. The highest BCUT2D eigenvalue weighted by Crippen LogP contribution is 2.35. The topological polar surface area (TPSA) is 46.6 Å². The molecule has 3 aromatic carbocycles. The number of ether oxygens (including phenoxy) is 1. The third-order valence-electron chi connectivity index (χ3n) is 6.04. The second-order valence-corrected chi connectivity index (χ2v) is 10.5. The van der Waals surface area contributed by atoms with Crippen LogP contribution in [0.2, 0.25) is 0 Å². The molecule has 4 nitrogen and oxygen atoms in total. The van der Waals surface area contributed by atoms with Gasteiger partial charge in [0.05, 0.1) is 12.8 Å². The van der Waals surface area contributed by atoms with Gasteiger partial charge in [0.2, 0.25) is 5.91 Å². The van der Waals surface area contributed by atoms with E-state index >= 15 is 0 Å². The van der Waals surface area contributed by atoms with Gasteiger partial charge >= 0.3 is 0 Å². The molecule has 4 heteroatoms. The Bertz CT molecular complexity index is 1130. The summed E-state index contributed by atoms with van der Waals surface area (Å²) in [4.78, 5) is 27.4. The van der Waals surface area contributed by atoms with Crippen LogP contribution in [-0.2, 0) is 16.0 Å². The van der Waals surface area contributed by atoms with Crippen LogP contribution in [0.4, 0.5) is 5.69 Å². The smallest absolute Gasteiger partial charge is 0.232 e. The molecule has 0 spiro atoms. The summed E-state index contributed by atoms with van der Waals surface area (Å²) in [6.07, 6.45) is 1.58. The molecule has 1 atom stereocenters.